The summed E-state index contributed by atoms with van der Waals surface area (Å²) in [7, 11) is 0. The molecule has 0 atom stereocenters. The van der Waals surface area contributed by atoms with E-state index in [0.717, 1.165) is 22.8 Å². The van der Waals surface area contributed by atoms with Gasteiger partial charge in [-0.3, -0.25) is 4.79 Å². The number of rotatable bonds is 2. The number of benzene rings is 1. The van der Waals surface area contributed by atoms with Gasteiger partial charge in [0.1, 0.15) is 0 Å². The van der Waals surface area contributed by atoms with Gasteiger partial charge in [0.15, 0.2) is 5.69 Å². The summed E-state index contributed by atoms with van der Waals surface area (Å²) in [5.41, 5.74) is 2.27. The van der Waals surface area contributed by atoms with Gasteiger partial charge >= 0.3 is 0 Å². The Hall–Kier alpha value is -1.75. The predicted octanol–water partition coefficient (Wildman–Crippen LogP) is 2.10. The number of nitrogens with one attached hydrogen (secondary N) is 1. The molecule has 0 saturated carbocycles. The third-order valence-corrected chi connectivity index (χ3v) is 2.41. The first-order valence-electron chi connectivity index (χ1n) is 4.41. The van der Waals surface area contributed by atoms with Gasteiger partial charge in [-0.15, -0.1) is 5.10 Å². The maximum Gasteiger partial charge on any atom is 0.277 e. The molecule has 1 aromatic carbocycles. The van der Waals surface area contributed by atoms with Crippen molar-refractivity contribution in [2.24, 2.45) is 0 Å². The van der Waals surface area contributed by atoms with Gasteiger partial charge in [0, 0.05) is 11.1 Å². The van der Waals surface area contributed by atoms with Crippen LogP contribution < -0.4 is 5.32 Å². The molecule has 15 heavy (non-hydrogen) atoms. The van der Waals surface area contributed by atoms with E-state index in [2.05, 4.69) is 14.9 Å². The number of hydrogen-bond acceptors (Lipinski definition) is 4. The molecule has 2 rings (SSSR count). The number of amides is 1. The van der Waals surface area contributed by atoms with E-state index in [-0.39, 0.29) is 5.91 Å². The summed E-state index contributed by atoms with van der Waals surface area (Å²) in [4.78, 5) is 11.6. The Morgan fingerprint density at radius 2 is 2.07 bits per heavy atom. The monoisotopic (exact) mass is 219 g/mol. The van der Waals surface area contributed by atoms with Crippen molar-refractivity contribution in [3.8, 4) is 0 Å². The normalized spacial score (nSPS) is 9.93. The molecule has 0 fully saturated rings. The maximum absolute atomic E-state index is 11.6. The summed E-state index contributed by atoms with van der Waals surface area (Å²) < 4.78 is 3.63. The molecule has 2 aromatic rings. The largest absolute Gasteiger partial charge is 0.321 e. The third-order valence-electron chi connectivity index (χ3n) is 1.90. The SMILES string of the molecule is Cc1ccc(NC(=O)c2csnn2)cc1. The average molecular weight is 219 g/mol. The lowest BCUT2D eigenvalue weighted by atomic mass is 10.2. The van der Waals surface area contributed by atoms with Crippen LogP contribution in [0.3, 0.4) is 0 Å². The van der Waals surface area contributed by atoms with E-state index in [9.17, 15) is 4.79 Å². The lowest BCUT2D eigenvalue weighted by Crippen LogP contribution is -2.12. The van der Waals surface area contributed by atoms with E-state index in [1.807, 2.05) is 31.2 Å². The quantitative estimate of drug-likeness (QED) is 0.841. The Morgan fingerprint density at radius 3 is 2.67 bits per heavy atom. The minimum absolute atomic E-state index is 0.229. The van der Waals surface area contributed by atoms with E-state index in [4.69, 9.17) is 0 Å². The number of carbonyl (C=O) groups excluding carboxylic acids is 1. The van der Waals surface area contributed by atoms with Crippen LogP contribution in [0.1, 0.15) is 16.1 Å². The average Bonchev–Trinajstić information content (AvgIpc) is 2.74. The van der Waals surface area contributed by atoms with Crippen LogP contribution in [0.2, 0.25) is 0 Å². The van der Waals surface area contributed by atoms with Crippen molar-refractivity contribution in [1.29, 1.82) is 0 Å². The van der Waals surface area contributed by atoms with E-state index in [0.29, 0.717) is 5.69 Å². The highest BCUT2D eigenvalue weighted by molar-refractivity contribution is 7.03. The Morgan fingerprint density at radius 1 is 1.33 bits per heavy atom. The summed E-state index contributed by atoms with van der Waals surface area (Å²) in [6.45, 7) is 2.00. The van der Waals surface area contributed by atoms with Crippen molar-refractivity contribution in [2.45, 2.75) is 6.92 Å². The molecule has 76 valence electrons. The third kappa shape index (κ3) is 2.38. The van der Waals surface area contributed by atoms with Gasteiger partial charge in [-0.2, -0.15) is 0 Å². The smallest absolute Gasteiger partial charge is 0.277 e. The van der Waals surface area contributed by atoms with Gasteiger partial charge in [-0.05, 0) is 30.6 Å². The minimum atomic E-state index is -0.229. The van der Waals surface area contributed by atoms with Gasteiger partial charge in [0.05, 0.1) is 0 Å². The van der Waals surface area contributed by atoms with Crippen molar-refractivity contribution in [1.82, 2.24) is 9.59 Å². The van der Waals surface area contributed by atoms with Crippen molar-refractivity contribution >= 4 is 23.1 Å². The van der Waals surface area contributed by atoms with Crippen LogP contribution in [0, 0.1) is 6.92 Å². The zero-order valence-electron chi connectivity index (χ0n) is 8.10. The molecule has 0 aliphatic rings. The molecule has 5 heteroatoms. The molecule has 0 saturated heterocycles. The molecule has 0 aliphatic heterocycles. The molecule has 1 amide bonds. The van der Waals surface area contributed by atoms with Gasteiger partial charge < -0.3 is 5.32 Å². The number of carbonyl (C=O) groups is 1. The van der Waals surface area contributed by atoms with E-state index >= 15 is 0 Å². The topological polar surface area (TPSA) is 54.9 Å². The Labute approximate surface area is 91.1 Å². The minimum Gasteiger partial charge on any atom is -0.321 e. The van der Waals surface area contributed by atoms with Crippen LogP contribution in [-0.4, -0.2) is 15.5 Å². The number of nitrogens with zero attached hydrogens (tertiary/aromatic N) is 2. The highest BCUT2D eigenvalue weighted by Gasteiger charge is 2.08. The highest BCUT2D eigenvalue weighted by Crippen LogP contribution is 2.10. The lowest BCUT2D eigenvalue weighted by Gasteiger charge is -2.02. The molecule has 1 heterocycles. The molecule has 0 spiro atoms. The van der Waals surface area contributed by atoms with Gasteiger partial charge in [-0.25, -0.2) is 0 Å². The second kappa shape index (κ2) is 4.18. The molecule has 1 N–H and O–H groups in total. The van der Waals surface area contributed by atoms with Crippen LogP contribution >= 0.6 is 11.5 Å². The van der Waals surface area contributed by atoms with Crippen molar-refractivity contribution in [3.05, 3.63) is 40.9 Å². The van der Waals surface area contributed by atoms with Crippen LogP contribution in [0.5, 0.6) is 0 Å². The fraction of sp³-hybridized carbons (Fsp3) is 0.100. The molecule has 1 aromatic heterocycles. The molecule has 0 radical (unpaired) electrons. The van der Waals surface area contributed by atoms with Gasteiger partial charge in [0.2, 0.25) is 0 Å². The number of anilines is 1. The zero-order chi connectivity index (χ0) is 10.7. The summed E-state index contributed by atoms with van der Waals surface area (Å²) in [6, 6.07) is 7.59. The predicted molar refractivity (Wildman–Crippen MR) is 59.0 cm³/mol. The number of aromatic nitrogens is 2. The van der Waals surface area contributed by atoms with Crippen molar-refractivity contribution < 1.29 is 4.79 Å². The fourth-order valence-corrected chi connectivity index (χ4v) is 1.53. The van der Waals surface area contributed by atoms with Gasteiger partial charge in [0.25, 0.3) is 5.91 Å². The summed E-state index contributed by atoms with van der Waals surface area (Å²) in [5, 5.41) is 8.04. The standard InChI is InChI=1S/C10H9N3OS/c1-7-2-4-8(5-3-7)11-10(14)9-6-15-13-12-9/h2-6H,1H3,(H,11,14). The summed E-state index contributed by atoms with van der Waals surface area (Å²) in [6.07, 6.45) is 0. The number of aryl methyl sites for hydroxylation is 1. The Balaban J connectivity index is 2.09. The molecular formula is C10H9N3OS. The van der Waals surface area contributed by atoms with E-state index in [1.165, 1.54) is 0 Å². The molecule has 0 aliphatic carbocycles. The van der Waals surface area contributed by atoms with Crippen molar-refractivity contribution in [2.75, 3.05) is 5.32 Å². The first kappa shape index (κ1) is 9.79. The first-order valence-corrected chi connectivity index (χ1v) is 5.24. The lowest BCUT2D eigenvalue weighted by molar-refractivity contribution is 0.102. The number of hydrogen-bond donors (Lipinski definition) is 1. The highest BCUT2D eigenvalue weighted by atomic mass is 32.1. The van der Waals surface area contributed by atoms with Crippen LogP contribution in [-0.2, 0) is 0 Å². The Bertz CT molecular complexity index is 450. The van der Waals surface area contributed by atoms with E-state index < -0.39 is 0 Å². The molecule has 4 nitrogen and oxygen atoms in total. The van der Waals surface area contributed by atoms with Crippen LogP contribution in [0.25, 0.3) is 0 Å². The molecule has 0 unspecified atom stereocenters. The van der Waals surface area contributed by atoms with Gasteiger partial charge in [-0.1, -0.05) is 22.2 Å². The van der Waals surface area contributed by atoms with Crippen molar-refractivity contribution in [3.63, 3.8) is 0 Å². The van der Waals surface area contributed by atoms with E-state index in [1.54, 1.807) is 5.38 Å². The molecule has 0 bridgehead atoms. The summed E-state index contributed by atoms with van der Waals surface area (Å²) in [5.74, 6) is -0.229. The second-order valence-corrected chi connectivity index (χ2v) is 3.72. The van der Waals surface area contributed by atoms with Crippen LogP contribution in [0.15, 0.2) is 29.6 Å². The Kier molecular flexibility index (Phi) is 2.73. The first-order chi connectivity index (χ1) is 7.25. The zero-order valence-corrected chi connectivity index (χ0v) is 8.91. The van der Waals surface area contributed by atoms with Crippen LogP contribution in [0.4, 0.5) is 5.69 Å². The maximum atomic E-state index is 11.6. The fourth-order valence-electron chi connectivity index (χ4n) is 1.10. The summed E-state index contributed by atoms with van der Waals surface area (Å²) >= 11 is 1.16. The second-order valence-electron chi connectivity index (χ2n) is 3.11. The molecular weight excluding hydrogens is 210 g/mol.